The maximum Gasteiger partial charge on any atom is 0.338 e. The molecule has 0 radical (unpaired) electrons. The van der Waals surface area contributed by atoms with Crippen molar-refractivity contribution >= 4 is 12.0 Å². The minimum atomic E-state index is -0.382. The summed E-state index contributed by atoms with van der Waals surface area (Å²) < 4.78 is 5.19. The monoisotopic (exact) mass is 268 g/mol. The number of benzene rings is 2. The Bertz CT molecular complexity index is 583. The fourth-order valence-corrected chi connectivity index (χ4v) is 1.76. The molecule has 0 aliphatic carbocycles. The van der Waals surface area contributed by atoms with Crippen molar-refractivity contribution < 1.29 is 14.6 Å². The van der Waals surface area contributed by atoms with Crippen molar-refractivity contribution in [1.29, 1.82) is 0 Å². The highest BCUT2D eigenvalue weighted by Crippen LogP contribution is 2.11. The molecular formula is C17H16O3. The molecule has 0 aliphatic rings. The molecule has 0 aliphatic heterocycles. The van der Waals surface area contributed by atoms with Crippen molar-refractivity contribution in [3.63, 3.8) is 0 Å². The predicted octanol–water partition coefficient (Wildman–Crippen LogP) is 3.43. The van der Waals surface area contributed by atoms with Crippen LogP contribution in [0.2, 0.25) is 0 Å². The van der Waals surface area contributed by atoms with Gasteiger partial charge in [-0.25, -0.2) is 4.79 Å². The maximum atomic E-state index is 11.7. The third-order valence-electron chi connectivity index (χ3n) is 2.94. The molecule has 0 saturated carbocycles. The molecule has 0 unspecified atom stereocenters. The standard InChI is InChI=1S/C17H16O3/c1-2-13-3-5-14(6-4-13)11-12-20-17(19)15-7-9-16(18)10-8-15/h2-10,18H,1,11-12H2. The summed E-state index contributed by atoms with van der Waals surface area (Å²) in [5.41, 5.74) is 2.61. The Morgan fingerprint density at radius 2 is 1.75 bits per heavy atom. The Balaban J connectivity index is 1.84. The second-order valence-corrected chi connectivity index (χ2v) is 4.38. The molecule has 1 N–H and O–H groups in total. The van der Waals surface area contributed by atoms with Crippen LogP contribution in [0, 0.1) is 0 Å². The van der Waals surface area contributed by atoms with Crippen LogP contribution in [-0.4, -0.2) is 17.7 Å². The summed E-state index contributed by atoms with van der Waals surface area (Å²) in [5.74, 6) is -0.253. The summed E-state index contributed by atoms with van der Waals surface area (Å²) in [5, 5.41) is 9.15. The molecule has 0 amide bonds. The summed E-state index contributed by atoms with van der Waals surface area (Å²) in [6.45, 7) is 4.03. The number of aromatic hydroxyl groups is 1. The van der Waals surface area contributed by atoms with Crippen LogP contribution in [0.5, 0.6) is 5.75 Å². The van der Waals surface area contributed by atoms with Crippen LogP contribution in [-0.2, 0) is 11.2 Å². The van der Waals surface area contributed by atoms with E-state index in [0.29, 0.717) is 18.6 Å². The van der Waals surface area contributed by atoms with Gasteiger partial charge in [0.15, 0.2) is 0 Å². The fraction of sp³-hybridized carbons (Fsp3) is 0.118. The number of hydrogen-bond acceptors (Lipinski definition) is 3. The molecule has 2 rings (SSSR count). The summed E-state index contributed by atoms with van der Waals surface area (Å²) in [4.78, 5) is 11.7. The summed E-state index contributed by atoms with van der Waals surface area (Å²) in [6.07, 6.45) is 2.45. The van der Waals surface area contributed by atoms with Crippen LogP contribution in [0.3, 0.4) is 0 Å². The van der Waals surface area contributed by atoms with Crippen LogP contribution < -0.4 is 0 Å². The van der Waals surface area contributed by atoms with Gasteiger partial charge in [0, 0.05) is 6.42 Å². The lowest BCUT2D eigenvalue weighted by Gasteiger charge is -2.05. The molecule has 3 nitrogen and oxygen atoms in total. The largest absolute Gasteiger partial charge is 0.508 e. The van der Waals surface area contributed by atoms with Gasteiger partial charge in [-0.15, -0.1) is 0 Å². The van der Waals surface area contributed by atoms with Gasteiger partial charge < -0.3 is 9.84 Å². The van der Waals surface area contributed by atoms with Crippen molar-refractivity contribution in [3.8, 4) is 5.75 Å². The van der Waals surface area contributed by atoms with Crippen molar-refractivity contribution in [1.82, 2.24) is 0 Å². The zero-order valence-corrected chi connectivity index (χ0v) is 11.1. The first-order valence-corrected chi connectivity index (χ1v) is 6.36. The maximum absolute atomic E-state index is 11.7. The van der Waals surface area contributed by atoms with Crippen LogP contribution in [0.1, 0.15) is 21.5 Å². The SMILES string of the molecule is C=Cc1ccc(CCOC(=O)c2ccc(O)cc2)cc1. The Kier molecular flexibility index (Phi) is 4.56. The van der Waals surface area contributed by atoms with Crippen LogP contribution in [0.25, 0.3) is 6.08 Å². The van der Waals surface area contributed by atoms with E-state index >= 15 is 0 Å². The topological polar surface area (TPSA) is 46.5 Å². The lowest BCUT2D eigenvalue weighted by molar-refractivity contribution is 0.0509. The van der Waals surface area contributed by atoms with Crippen LogP contribution in [0.4, 0.5) is 0 Å². The highest BCUT2D eigenvalue weighted by molar-refractivity contribution is 5.89. The van der Waals surface area contributed by atoms with Gasteiger partial charge in [-0.1, -0.05) is 36.9 Å². The van der Waals surface area contributed by atoms with E-state index in [1.807, 2.05) is 24.3 Å². The number of phenolic OH excluding ortho intramolecular Hbond substituents is 1. The van der Waals surface area contributed by atoms with Crippen LogP contribution in [0.15, 0.2) is 55.1 Å². The zero-order valence-electron chi connectivity index (χ0n) is 11.1. The fourth-order valence-electron chi connectivity index (χ4n) is 1.76. The average molecular weight is 268 g/mol. The van der Waals surface area contributed by atoms with Gasteiger partial charge in [-0.05, 0) is 35.4 Å². The Morgan fingerprint density at radius 1 is 1.10 bits per heavy atom. The minimum Gasteiger partial charge on any atom is -0.508 e. The number of rotatable bonds is 5. The molecule has 0 saturated heterocycles. The average Bonchev–Trinajstić information content (AvgIpc) is 2.48. The molecule has 102 valence electrons. The molecule has 2 aromatic rings. The van der Waals surface area contributed by atoms with Gasteiger partial charge in [0.25, 0.3) is 0 Å². The van der Waals surface area contributed by atoms with Gasteiger partial charge in [-0.2, -0.15) is 0 Å². The molecular weight excluding hydrogens is 252 g/mol. The number of phenols is 1. The van der Waals surface area contributed by atoms with E-state index in [-0.39, 0.29) is 11.7 Å². The van der Waals surface area contributed by atoms with E-state index in [1.165, 1.54) is 24.3 Å². The summed E-state index contributed by atoms with van der Waals surface area (Å²) >= 11 is 0. The first kappa shape index (κ1) is 13.9. The van der Waals surface area contributed by atoms with Gasteiger partial charge in [0.2, 0.25) is 0 Å². The molecule has 20 heavy (non-hydrogen) atoms. The number of ether oxygens (including phenoxy) is 1. The predicted molar refractivity (Wildman–Crippen MR) is 78.6 cm³/mol. The third-order valence-corrected chi connectivity index (χ3v) is 2.94. The molecule has 2 aromatic carbocycles. The van der Waals surface area contributed by atoms with Gasteiger partial charge in [0.1, 0.15) is 5.75 Å². The summed E-state index contributed by atoms with van der Waals surface area (Å²) in [6, 6.07) is 13.9. The number of carbonyl (C=O) groups excluding carboxylic acids is 1. The quantitative estimate of drug-likeness (QED) is 0.845. The van der Waals surface area contributed by atoms with Gasteiger partial charge in [-0.3, -0.25) is 0 Å². The lowest BCUT2D eigenvalue weighted by Crippen LogP contribution is -2.08. The molecule has 0 atom stereocenters. The Hall–Kier alpha value is -2.55. The number of carbonyl (C=O) groups is 1. The molecule has 0 heterocycles. The normalized spacial score (nSPS) is 10.0. The van der Waals surface area contributed by atoms with Gasteiger partial charge >= 0.3 is 5.97 Å². The van der Waals surface area contributed by atoms with Crippen molar-refractivity contribution in [3.05, 3.63) is 71.8 Å². The molecule has 0 fully saturated rings. The molecule has 0 aromatic heterocycles. The molecule has 3 heteroatoms. The van der Waals surface area contributed by atoms with Gasteiger partial charge in [0.05, 0.1) is 12.2 Å². The molecule has 0 spiro atoms. The Morgan fingerprint density at radius 3 is 2.35 bits per heavy atom. The van der Waals surface area contributed by atoms with E-state index in [2.05, 4.69) is 6.58 Å². The first-order valence-electron chi connectivity index (χ1n) is 6.36. The van der Waals surface area contributed by atoms with Crippen molar-refractivity contribution in [2.45, 2.75) is 6.42 Å². The smallest absolute Gasteiger partial charge is 0.338 e. The van der Waals surface area contributed by atoms with Crippen molar-refractivity contribution in [2.24, 2.45) is 0 Å². The second-order valence-electron chi connectivity index (χ2n) is 4.38. The first-order chi connectivity index (χ1) is 9.69. The highest BCUT2D eigenvalue weighted by Gasteiger charge is 2.06. The van der Waals surface area contributed by atoms with Crippen molar-refractivity contribution in [2.75, 3.05) is 6.61 Å². The van der Waals surface area contributed by atoms with E-state index in [1.54, 1.807) is 6.08 Å². The van der Waals surface area contributed by atoms with E-state index in [9.17, 15) is 4.79 Å². The Labute approximate surface area is 118 Å². The zero-order chi connectivity index (χ0) is 14.4. The number of hydrogen-bond donors (Lipinski definition) is 1. The molecule has 0 bridgehead atoms. The third kappa shape index (κ3) is 3.72. The highest BCUT2D eigenvalue weighted by atomic mass is 16.5. The minimum absolute atomic E-state index is 0.129. The second kappa shape index (κ2) is 6.57. The van der Waals surface area contributed by atoms with E-state index < -0.39 is 0 Å². The van der Waals surface area contributed by atoms with E-state index in [4.69, 9.17) is 9.84 Å². The van der Waals surface area contributed by atoms with Crippen LogP contribution >= 0.6 is 0 Å². The number of esters is 1. The summed E-state index contributed by atoms with van der Waals surface area (Å²) in [7, 11) is 0. The lowest BCUT2D eigenvalue weighted by atomic mass is 10.1. The van der Waals surface area contributed by atoms with E-state index in [0.717, 1.165) is 11.1 Å².